The van der Waals surface area contributed by atoms with E-state index in [2.05, 4.69) is 10.1 Å². The summed E-state index contributed by atoms with van der Waals surface area (Å²) in [5.74, 6) is -0.369. The van der Waals surface area contributed by atoms with Crippen LogP contribution >= 0.6 is 0 Å². The number of methoxy groups -OCH3 is 1. The van der Waals surface area contributed by atoms with Crippen LogP contribution in [0.1, 0.15) is 22.8 Å². The monoisotopic (exact) mass is 354 g/mol. The zero-order chi connectivity index (χ0) is 18.5. The van der Waals surface area contributed by atoms with E-state index in [1.165, 1.54) is 19.5 Å². The second-order valence-corrected chi connectivity index (χ2v) is 5.68. The highest BCUT2D eigenvalue weighted by Crippen LogP contribution is 2.19. The normalized spacial score (nSPS) is 10.6. The molecule has 26 heavy (non-hydrogen) atoms. The number of nitrogens with zero attached hydrogens (tertiary/aromatic N) is 4. The molecule has 0 saturated heterocycles. The Hall–Kier alpha value is -3.22. The maximum Gasteiger partial charge on any atom is 0.254 e. The third-order valence-electron chi connectivity index (χ3n) is 4.06. The highest BCUT2D eigenvalue weighted by atomic mass is 19.1. The van der Waals surface area contributed by atoms with E-state index in [4.69, 9.17) is 4.74 Å². The average molecular weight is 354 g/mol. The van der Waals surface area contributed by atoms with Crippen LogP contribution in [-0.2, 0) is 6.54 Å². The van der Waals surface area contributed by atoms with Crippen molar-refractivity contribution in [3.63, 3.8) is 0 Å². The van der Waals surface area contributed by atoms with Gasteiger partial charge in [-0.05, 0) is 48.9 Å². The summed E-state index contributed by atoms with van der Waals surface area (Å²) in [4.78, 5) is 18.3. The zero-order valence-corrected chi connectivity index (χ0v) is 14.6. The van der Waals surface area contributed by atoms with Crippen LogP contribution in [0.5, 0.6) is 5.75 Å². The molecule has 3 rings (SSSR count). The topological polar surface area (TPSA) is 60.2 Å². The lowest BCUT2D eigenvalue weighted by Gasteiger charge is -2.21. The first kappa shape index (κ1) is 17.6. The third-order valence-corrected chi connectivity index (χ3v) is 4.06. The number of aromatic nitrogens is 3. The molecule has 0 atom stereocenters. The summed E-state index contributed by atoms with van der Waals surface area (Å²) in [6, 6.07) is 11.8. The van der Waals surface area contributed by atoms with Crippen LogP contribution in [-0.4, -0.2) is 39.2 Å². The van der Waals surface area contributed by atoms with Gasteiger partial charge in [-0.3, -0.25) is 4.79 Å². The summed E-state index contributed by atoms with van der Waals surface area (Å²) in [5, 5.41) is 4.05. The molecule has 0 saturated carbocycles. The molecule has 134 valence electrons. The predicted octanol–water partition coefficient (Wildman–Crippen LogP) is 3.08. The quantitative estimate of drug-likeness (QED) is 0.683. The summed E-state index contributed by atoms with van der Waals surface area (Å²) < 4.78 is 20.4. The van der Waals surface area contributed by atoms with Gasteiger partial charge in [0.15, 0.2) is 11.6 Å². The Morgan fingerprint density at radius 1 is 1.23 bits per heavy atom. The SMILES string of the molecule is CCN(Cc1ccc(OC)c(F)c1)C(=O)c1ccc(-n2cncn2)cc1. The molecular weight excluding hydrogens is 335 g/mol. The number of hydrogen-bond donors (Lipinski definition) is 0. The van der Waals surface area contributed by atoms with Crippen LogP contribution < -0.4 is 4.74 Å². The Labute approximate surface area is 150 Å². The van der Waals surface area contributed by atoms with Gasteiger partial charge in [-0.2, -0.15) is 5.10 Å². The van der Waals surface area contributed by atoms with E-state index in [1.807, 2.05) is 19.1 Å². The molecule has 0 spiro atoms. The summed E-state index contributed by atoms with van der Waals surface area (Å²) in [6.07, 6.45) is 3.04. The van der Waals surface area contributed by atoms with Crippen molar-refractivity contribution in [3.05, 3.63) is 72.1 Å². The summed E-state index contributed by atoms with van der Waals surface area (Å²) in [5.41, 5.74) is 2.08. The Kier molecular flexibility index (Phi) is 5.26. The van der Waals surface area contributed by atoms with Gasteiger partial charge in [0.05, 0.1) is 12.8 Å². The highest BCUT2D eigenvalue weighted by Gasteiger charge is 2.15. The van der Waals surface area contributed by atoms with Gasteiger partial charge in [0, 0.05) is 18.7 Å². The molecule has 2 aromatic carbocycles. The number of ether oxygens (including phenoxy) is 1. The lowest BCUT2D eigenvalue weighted by atomic mass is 10.1. The zero-order valence-electron chi connectivity index (χ0n) is 14.6. The molecule has 1 aromatic heterocycles. The van der Waals surface area contributed by atoms with Crippen molar-refractivity contribution in [3.8, 4) is 11.4 Å². The molecule has 3 aromatic rings. The Bertz CT molecular complexity index is 879. The van der Waals surface area contributed by atoms with Crippen LogP contribution in [0, 0.1) is 5.82 Å². The van der Waals surface area contributed by atoms with E-state index in [-0.39, 0.29) is 11.7 Å². The number of rotatable bonds is 6. The Balaban J connectivity index is 1.75. The van der Waals surface area contributed by atoms with Gasteiger partial charge in [0.25, 0.3) is 5.91 Å². The minimum absolute atomic E-state index is 0.117. The number of benzene rings is 2. The van der Waals surface area contributed by atoms with Crippen LogP contribution in [0.3, 0.4) is 0 Å². The molecule has 0 aliphatic rings. The third kappa shape index (κ3) is 3.72. The standard InChI is InChI=1S/C19H19FN4O2/c1-3-23(11-14-4-9-18(26-2)17(20)10-14)19(25)15-5-7-16(8-6-15)24-13-21-12-22-24/h4-10,12-13H,3,11H2,1-2H3. The highest BCUT2D eigenvalue weighted by molar-refractivity contribution is 5.94. The minimum Gasteiger partial charge on any atom is -0.494 e. The molecule has 0 bridgehead atoms. The van der Waals surface area contributed by atoms with Crippen molar-refractivity contribution in [2.24, 2.45) is 0 Å². The number of carbonyl (C=O) groups is 1. The predicted molar refractivity (Wildman–Crippen MR) is 94.7 cm³/mol. The van der Waals surface area contributed by atoms with Crippen molar-refractivity contribution in [2.45, 2.75) is 13.5 Å². The Morgan fingerprint density at radius 3 is 2.58 bits per heavy atom. The van der Waals surface area contributed by atoms with Gasteiger partial charge in [-0.25, -0.2) is 14.1 Å². The van der Waals surface area contributed by atoms with Crippen molar-refractivity contribution >= 4 is 5.91 Å². The van der Waals surface area contributed by atoms with Gasteiger partial charge in [-0.1, -0.05) is 6.07 Å². The number of carbonyl (C=O) groups excluding carboxylic acids is 1. The van der Waals surface area contributed by atoms with E-state index in [1.54, 1.807) is 40.2 Å². The second kappa shape index (κ2) is 7.77. The van der Waals surface area contributed by atoms with Gasteiger partial charge >= 0.3 is 0 Å². The van der Waals surface area contributed by atoms with Crippen molar-refractivity contribution in [2.75, 3.05) is 13.7 Å². The van der Waals surface area contributed by atoms with Gasteiger partial charge < -0.3 is 9.64 Å². The van der Waals surface area contributed by atoms with E-state index >= 15 is 0 Å². The molecule has 6 nitrogen and oxygen atoms in total. The molecule has 0 aliphatic heterocycles. The number of halogens is 1. The lowest BCUT2D eigenvalue weighted by molar-refractivity contribution is 0.0752. The van der Waals surface area contributed by atoms with Crippen LogP contribution in [0.15, 0.2) is 55.1 Å². The summed E-state index contributed by atoms with van der Waals surface area (Å²) >= 11 is 0. The van der Waals surface area contributed by atoms with Gasteiger partial charge in [0.1, 0.15) is 12.7 Å². The van der Waals surface area contributed by atoms with E-state index < -0.39 is 5.82 Å². The molecule has 1 amide bonds. The first-order valence-corrected chi connectivity index (χ1v) is 8.19. The van der Waals surface area contributed by atoms with Gasteiger partial charge in [0.2, 0.25) is 0 Å². The smallest absolute Gasteiger partial charge is 0.254 e. The minimum atomic E-state index is -0.439. The molecule has 0 aliphatic carbocycles. The van der Waals surface area contributed by atoms with Crippen LogP contribution in [0.4, 0.5) is 4.39 Å². The summed E-state index contributed by atoms with van der Waals surface area (Å²) in [6.45, 7) is 2.72. The first-order chi connectivity index (χ1) is 12.6. The van der Waals surface area contributed by atoms with Crippen molar-refractivity contribution in [1.29, 1.82) is 0 Å². The molecule has 1 heterocycles. The molecule has 0 radical (unpaired) electrons. The molecule has 0 unspecified atom stereocenters. The first-order valence-electron chi connectivity index (χ1n) is 8.19. The molecular formula is C19H19FN4O2. The molecule has 7 heteroatoms. The fourth-order valence-electron chi connectivity index (χ4n) is 2.64. The van der Waals surface area contributed by atoms with E-state index in [0.717, 1.165) is 5.69 Å². The fourth-order valence-corrected chi connectivity index (χ4v) is 2.64. The van der Waals surface area contributed by atoms with Crippen LogP contribution in [0.2, 0.25) is 0 Å². The van der Waals surface area contributed by atoms with Crippen LogP contribution in [0.25, 0.3) is 5.69 Å². The number of amides is 1. The maximum atomic E-state index is 13.9. The number of hydrogen-bond acceptors (Lipinski definition) is 4. The fraction of sp³-hybridized carbons (Fsp3) is 0.211. The second-order valence-electron chi connectivity index (χ2n) is 5.68. The average Bonchev–Trinajstić information content (AvgIpc) is 3.20. The summed E-state index contributed by atoms with van der Waals surface area (Å²) in [7, 11) is 1.42. The van der Waals surface area contributed by atoms with Gasteiger partial charge in [-0.15, -0.1) is 0 Å². The lowest BCUT2D eigenvalue weighted by Crippen LogP contribution is -2.30. The van der Waals surface area contributed by atoms with Crippen molar-refractivity contribution < 1.29 is 13.9 Å². The maximum absolute atomic E-state index is 13.9. The molecule has 0 N–H and O–H groups in total. The largest absolute Gasteiger partial charge is 0.494 e. The van der Waals surface area contributed by atoms with E-state index in [0.29, 0.717) is 24.2 Å². The van der Waals surface area contributed by atoms with E-state index in [9.17, 15) is 9.18 Å². The Morgan fingerprint density at radius 2 is 2.00 bits per heavy atom. The molecule has 0 fully saturated rings. The van der Waals surface area contributed by atoms with Crippen molar-refractivity contribution in [1.82, 2.24) is 19.7 Å².